The molecule has 0 bridgehead atoms. The molecule has 2 amide bonds. The number of nitrogens with one attached hydrogen (secondary N) is 2. The monoisotopic (exact) mass is 346 g/mol. The quantitative estimate of drug-likeness (QED) is 0.892. The van der Waals surface area contributed by atoms with Crippen LogP contribution < -0.4 is 10.6 Å². The molecule has 0 aliphatic carbocycles. The molecule has 0 spiro atoms. The predicted molar refractivity (Wildman–Crippen MR) is 86.1 cm³/mol. The SMILES string of the molecule is CC(NC(=O)c1ccccc1)C(=O)Nc1cccc(Br)c1. The molecule has 0 aliphatic heterocycles. The zero-order chi connectivity index (χ0) is 15.2. The Balaban J connectivity index is 1.95. The van der Waals surface area contributed by atoms with Gasteiger partial charge in [-0.25, -0.2) is 0 Å². The normalized spacial score (nSPS) is 11.5. The summed E-state index contributed by atoms with van der Waals surface area (Å²) in [5.74, 6) is -0.537. The Bertz CT molecular complexity index is 644. The molecule has 4 nitrogen and oxygen atoms in total. The third-order valence-corrected chi connectivity index (χ3v) is 3.36. The van der Waals surface area contributed by atoms with Gasteiger partial charge in [0.15, 0.2) is 0 Å². The summed E-state index contributed by atoms with van der Waals surface area (Å²) in [6.07, 6.45) is 0. The van der Waals surface area contributed by atoms with Crippen LogP contribution in [-0.2, 0) is 4.79 Å². The molecule has 0 aliphatic rings. The van der Waals surface area contributed by atoms with Crippen LogP contribution >= 0.6 is 15.9 Å². The first kappa shape index (κ1) is 15.3. The van der Waals surface area contributed by atoms with Crippen molar-refractivity contribution in [3.8, 4) is 0 Å². The van der Waals surface area contributed by atoms with Crippen molar-refractivity contribution >= 4 is 33.4 Å². The van der Waals surface area contributed by atoms with Crippen LogP contribution in [0.15, 0.2) is 59.1 Å². The first-order chi connectivity index (χ1) is 10.1. The molecule has 5 heteroatoms. The van der Waals surface area contributed by atoms with E-state index in [-0.39, 0.29) is 11.8 Å². The summed E-state index contributed by atoms with van der Waals surface area (Å²) in [6, 6.07) is 15.4. The van der Waals surface area contributed by atoms with Crippen LogP contribution in [0.4, 0.5) is 5.69 Å². The Labute approximate surface area is 131 Å². The average molecular weight is 347 g/mol. The van der Waals surface area contributed by atoms with Gasteiger partial charge in [0.25, 0.3) is 5.91 Å². The second-order valence-corrected chi connectivity index (χ2v) is 5.48. The van der Waals surface area contributed by atoms with Crippen molar-refractivity contribution in [3.63, 3.8) is 0 Å². The lowest BCUT2D eigenvalue weighted by molar-refractivity contribution is -0.117. The summed E-state index contributed by atoms with van der Waals surface area (Å²) in [7, 11) is 0. The number of carbonyl (C=O) groups excluding carboxylic acids is 2. The summed E-state index contributed by atoms with van der Waals surface area (Å²) in [6.45, 7) is 1.65. The van der Waals surface area contributed by atoms with E-state index in [0.29, 0.717) is 11.3 Å². The number of hydrogen-bond donors (Lipinski definition) is 2. The molecule has 2 N–H and O–H groups in total. The minimum atomic E-state index is -0.628. The molecule has 2 aromatic carbocycles. The van der Waals surface area contributed by atoms with Crippen molar-refractivity contribution < 1.29 is 9.59 Å². The number of halogens is 1. The highest BCUT2D eigenvalue weighted by Gasteiger charge is 2.16. The van der Waals surface area contributed by atoms with Crippen LogP contribution in [0.25, 0.3) is 0 Å². The molecule has 0 aromatic heterocycles. The van der Waals surface area contributed by atoms with Crippen molar-refractivity contribution in [3.05, 3.63) is 64.6 Å². The second-order valence-electron chi connectivity index (χ2n) is 4.56. The van der Waals surface area contributed by atoms with E-state index >= 15 is 0 Å². The second kappa shape index (κ2) is 7.04. The number of anilines is 1. The summed E-state index contributed by atoms with van der Waals surface area (Å²) in [4.78, 5) is 24.0. The zero-order valence-corrected chi connectivity index (χ0v) is 13.1. The Hall–Kier alpha value is -2.14. The Morgan fingerprint density at radius 1 is 1.05 bits per heavy atom. The first-order valence-corrected chi connectivity index (χ1v) is 7.28. The number of benzene rings is 2. The zero-order valence-electron chi connectivity index (χ0n) is 11.5. The van der Waals surface area contributed by atoms with E-state index in [9.17, 15) is 9.59 Å². The van der Waals surface area contributed by atoms with E-state index in [1.165, 1.54) is 0 Å². The fourth-order valence-electron chi connectivity index (χ4n) is 1.75. The van der Waals surface area contributed by atoms with Gasteiger partial charge in [0.1, 0.15) is 6.04 Å². The van der Waals surface area contributed by atoms with Gasteiger partial charge in [-0.05, 0) is 37.3 Å². The molecule has 0 heterocycles. The molecule has 2 rings (SSSR count). The smallest absolute Gasteiger partial charge is 0.251 e. The van der Waals surface area contributed by atoms with Crippen LogP contribution in [0, 0.1) is 0 Å². The van der Waals surface area contributed by atoms with E-state index in [4.69, 9.17) is 0 Å². The molecule has 0 saturated carbocycles. The van der Waals surface area contributed by atoms with Crippen LogP contribution in [-0.4, -0.2) is 17.9 Å². The minimum absolute atomic E-state index is 0.266. The van der Waals surface area contributed by atoms with Gasteiger partial charge in [-0.2, -0.15) is 0 Å². The Morgan fingerprint density at radius 2 is 1.76 bits per heavy atom. The van der Waals surface area contributed by atoms with Crippen LogP contribution in [0.2, 0.25) is 0 Å². The van der Waals surface area contributed by atoms with Gasteiger partial charge in [0, 0.05) is 15.7 Å². The highest BCUT2D eigenvalue weighted by molar-refractivity contribution is 9.10. The van der Waals surface area contributed by atoms with Crippen molar-refractivity contribution in [1.29, 1.82) is 0 Å². The third kappa shape index (κ3) is 4.43. The Morgan fingerprint density at radius 3 is 2.43 bits per heavy atom. The van der Waals surface area contributed by atoms with Crippen LogP contribution in [0.1, 0.15) is 17.3 Å². The lowest BCUT2D eigenvalue weighted by Gasteiger charge is -2.14. The average Bonchev–Trinajstić information content (AvgIpc) is 2.48. The fraction of sp³-hybridized carbons (Fsp3) is 0.125. The summed E-state index contributed by atoms with van der Waals surface area (Å²) in [5, 5.41) is 5.42. The molecule has 21 heavy (non-hydrogen) atoms. The van der Waals surface area contributed by atoms with Gasteiger partial charge in [0.2, 0.25) is 5.91 Å². The third-order valence-electron chi connectivity index (χ3n) is 2.87. The molecular formula is C16H15BrN2O2. The fourth-order valence-corrected chi connectivity index (χ4v) is 2.15. The lowest BCUT2D eigenvalue weighted by atomic mass is 10.2. The topological polar surface area (TPSA) is 58.2 Å². The Kier molecular flexibility index (Phi) is 5.11. The van der Waals surface area contributed by atoms with Gasteiger partial charge in [-0.15, -0.1) is 0 Å². The van der Waals surface area contributed by atoms with E-state index in [1.807, 2.05) is 18.2 Å². The van der Waals surface area contributed by atoms with Crippen molar-refractivity contribution in [2.75, 3.05) is 5.32 Å². The maximum Gasteiger partial charge on any atom is 0.251 e. The van der Waals surface area contributed by atoms with E-state index in [0.717, 1.165) is 4.47 Å². The summed E-state index contributed by atoms with van der Waals surface area (Å²) < 4.78 is 0.876. The van der Waals surface area contributed by atoms with Gasteiger partial charge in [-0.3, -0.25) is 9.59 Å². The number of hydrogen-bond acceptors (Lipinski definition) is 2. The molecule has 108 valence electrons. The van der Waals surface area contributed by atoms with Gasteiger partial charge in [-0.1, -0.05) is 40.2 Å². The van der Waals surface area contributed by atoms with Gasteiger partial charge >= 0.3 is 0 Å². The molecule has 0 radical (unpaired) electrons. The number of amides is 2. The summed E-state index contributed by atoms with van der Waals surface area (Å²) >= 11 is 3.34. The first-order valence-electron chi connectivity index (χ1n) is 6.48. The molecule has 1 atom stereocenters. The minimum Gasteiger partial charge on any atom is -0.341 e. The van der Waals surface area contributed by atoms with Crippen molar-refractivity contribution in [1.82, 2.24) is 5.32 Å². The van der Waals surface area contributed by atoms with Gasteiger partial charge < -0.3 is 10.6 Å². The molecule has 0 saturated heterocycles. The maximum absolute atomic E-state index is 12.0. The number of carbonyl (C=O) groups is 2. The maximum atomic E-state index is 12.0. The van der Waals surface area contributed by atoms with Crippen molar-refractivity contribution in [2.45, 2.75) is 13.0 Å². The summed E-state index contributed by atoms with van der Waals surface area (Å²) in [5.41, 5.74) is 1.20. The number of rotatable bonds is 4. The van der Waals surface area contributed by atoms with Crippen LogP contribution in [0.3, 0.4) is 0 Å². The van der Waals surface area contributed by atoms with E-state index in [2.05, 4.69) is 26.6 Å². The van der Waals surface area contributed by atoms with E-state index in [1.54, 1.807) is 43.3 Å². The molecule has 1 unspecified atom stereocenters. The van der Waals surface area contributed by atoms with Crippen LogP contribution in [0.5, 0.6) is 0 Å². The van der Waals surface area contributed by atoms with Gasteiger partial charge in [0.05, 0.1) is 0 Å². The highest BCUT2D eigenvalue weighted by Crippen LogP contribution is 2.15. The lowest BCUT2D eigenvalue weighted by Crippen LogP contribution is -2.41. The molecular weight excluding hydrogens is 332 g/mol. The van der Waals surface area contributed by atoms with Crippen molar-refractivity contribution in [2.24, 2.45) is 0 Å². The standard InChI is InChI=1S/C16H15BrN2O2/c1-11(18-16(21)12-6-3-2-4-7-12)15(20)19-14-9-5-8-13(17)10-14/h2-11H,1H3,(H,18,21)(H,19,20). The molecule has 0 fully saturated rings. The molecule has 2 aromatic rings. The largest absolute Gasteiger partial charge is 0.341 e. The highest BCUT2D eigenvalue weighted by atomic mass is 79.9. The predicted octanol–water partition coefficient (Wildman–Crippen LogP) is 3.21. The van der Waals surface area contributed by atoms with E-state index < -0.39 is 6.04 Å².